The predicted molar refractivity (Wildman–Crippen MR) is 105 cm³/mol. The Hall–Kier alpha value is -2.13. The van der Waals surface area contributed by atoms with Gasteiger partial charge >= 0.3 is 0 Å². The van der Waals surface area contributed by atoms with E-state index < -0.39 is 0 Å². The molecule has 1 saturated carbocycles. The molecule has 0 spiro atoms. The molecule has 7 nitrogen and oxygen atoms in total. The van der Waals surface area contributed by atoms with E-state index in [4.69, 9.17) is 4.74 Å². The summed E-state index contributed by atoms with van der Waals surface area (Å²) < 4.78 is 20.6. The summed E-state index contributed by atoms with van der Waals surface area (Å²) in [5.41, 5.74) is 0.901. The van der Waals surface area contributed by atoms with Gasteiger partial charge in [-0.25, -0.2) is 4.39 Å². The maximum absolute atomic E-state index is 13.0. The molecule has 1 saturated heterocycles. The third-order valence-corrected chi connectivity index (χ3v) is 5.86. The second kappa shape index (κ2) is 8.48. The molecule has 28 heavy (non-hydrogen) atoms. The molecule has 0 atom stereocenters. The molecule has 2 aliphatic rings. The van der Waals surface area contributed by atoms with E-state index in [1.807, 2.05) is 0 Å². The third kappa shape index (κ3) is 4.47. The molecule has 1 aromatic heterocycles. The fourth-order valence-electron chi connectivity index (χ4n) is 3.19. The Labute approximate surface area is 167 Å². The number of ether oxygens (including phenoxy) is 1. The number of hydrogen-bond acceptors (Lipinski definition) is 6. The minimum absolute atomic E-state index is 0.00703. The van der Waals surface area contributed by atoms with Crippen molar-refractivity contribution < 1.29 is 13.9 Å². The van der Waals surface area contributed by atoms with Gasteiger partial charge in [0.25, 0.3) is 0 Å². The van der Waals surface area contributed by atoms with E-state index in [1.54, 1.807) is 24.1 Å². The number of aromatic nitrogens is 3. The number of benzene rings is 1. The smallest absolute Gasteiger partial charge is 0.233 e. The highest BCUT2D eigenvalue weighted by molar-refractivity contribution is 7.99. The van der Waals surface area contributed by atoms with Crippen LogP contribution in [-0.2, 0) is 16.1 Å². The minimum Gasteiger partial charge on any atom is -0.378 e. The second-order valence-corrected chi connectivity index (χ2v) is 8.09. The van der Waals surface area contributed by atoms with Gasteiger partial charge in [-0.1, -0.05) is 23.9 Å². The molecule has 2 fully saturated rings. The van der Waals surface area contributed by atoms with Crippen molar-refractivity contribution >= 4 is 23.6 Å². The summed E-state index contributed by atoms with van der Waals surface area (Å²) in [4.78, 5) is 16.4. The van der Waals surface area contributed by atoms with Crippen molar-refractivity contribution in [3.05, 3.63) is 35.6 Å². The zero-order chi connectivity index (χ0) is 19.5. The molecule has 9 heteroatoms. The highest BCUT2D eigenvalue weighted by Crippen LogP contribution is 2.41. The maximum atomic E-state index is 13.0. The molecule has 4 rings (SSSR count). The molecule has 150 valence electrons. The van der Waals surface area contributed by atoms with E-state index in [-0.39, 0.29) is 11.7 Å². The highest BCUT2D eigenvalue weighted by Gasteiger charge is 2.32. The monoisotopic (exact) mass is 405 g/mol. The molecule has 2 aromatic rings. The molecule has 0 bridgehead atoms. The number of nitrogens with zero attached hydrogens (tertiary/aromatic N) is 5. The van der Waals surface area contributed by atoms with Crippen molar-refractivity contribution in [2.45, 2.75) is 30.6 Å². The number of rotatable bonds is 7. The van der Waals surface area contributed by atoms with Crippen LogP contribution in [0.25, 0.3) is 0 Å². The van der Waals surface area contributed by atoms with Gasteiger partial charge in [0.2, 0.25) is 11.9 Å². The molecule has 1 amide bonds. The van der Waals surface area contributed by atoms with Crippen molar-refractivity contribution in [3.63, 3.8) is 0 Å². The normalized spacial score (nSPS) is 17.0. The van der Waals surface area contributed by atoms with E-state index >= 15 is 0 Å². The summed E-state index contributed by atoms with van der Waals surface area (Å²) in [6.07, 6.45) is 2.25. The van der Waals surface area contributed by atoms with Crippen LogP contribution < -0.4 is 4.90 Å². The van der Waals surface area contributed by atoms with Gasteiger partial charge in [0.1, 0.15) is 5.82 Å². The lowest BCUT2D eigenvalue weighted by molar-refractivity contribution is -0.127. The lowest BCUT2D eigenvalue weighted by Crippen LogP contribution is -2.38. The van der Waals surface area contributed by atoms with Gasteiger partial charge in [-0.3, -0.25) is 9.36 Å². The van der Waals surface area contributed by atoms with Gasteiger partial charge in [0, 0.05) is 32.7 Å². The van der Waals surface area contributed by atoms with E-state index in [0.717, 1.165) is 42.6 Å². The van der Waals surface area contributed by atoms with Gasteiger partial charge < -0.3 is 14.5 Å². The standard InChI is InChI=1S/C19H24FN5O2S/c1-23(12-14-2-4-15(20)5-3-14)17(26)13-28-19-22-21-18(25(19)16-6-7-16)24-8-10-27-11-9-24/h2-5,16H,6-13H2,1H3. The predicted octanol–water partition coefficient (Wildman–Crippen LogP) is 2.34. The highest BCUT2D eigenvalue weighted by atomic mass is 32.2. The summed E-state index contributed by atoms with van der Waals surface area (Å²) in [7, 11) is 1.76. The fourth-order valence-corrected chi connectivity index (χ4v) is 4.13. The van der Waals surface area contributed by atoms with Crippen molar-refractivity contribution in [3.8, 4) is 0 Å². The van der Waals surface area contributed by atoms with Gasteiger partial charge in [0.05, 0.1) is 19.0 Å². The lowest BCUT2D eigenvalue weighted by atomic mass is 10.2. The number of hydrogen-bond donors (Lipinski definition) is 0. The third-order valence-electron chi connectivity index (χ3n) is 4.94. The Bertz CT molecular complexity index is 818. The number of thioether (sulfide) groups is 1. The van der Waals surface area contributed by atoms with Crippen molar-refractivity contribution in [2.24, 2.45) is 0 Å². The van der Waals surface area contributed by atoms with Gasteiger partial charge in [-0.2, -0.15) is 0 Å². The molecule has 0 N–H and O–H groups in total. The Balaban J connectivity index is 1.38. The quantitative estimate of drug-likeness (QED) is 0.659. The number of anilines is 1. The number of carbonyl (C=O) groups is 1. The number of halogens is 1. The summed E-state index contributed by atoms with van der Waals surface area (Å²) >= 11 is 1.43. The SMILES string of the molecule is CN(Cc1ccc(F)cc1)C(=O)CSc1nnc(N2CCOCC2)n1C1CC1. The molecule has 1 aliphatic heterocycles. The van der Waals surface area contributed by atoms with Crippen molar-refractivity contribution in [2.75, 3.05) is 44.0 Å². The molecule has 0 radical (unpaired) electrons. The molecule has 0 unspecified atom stereocenters. The Kier molecular flexibility index (Phi) is 5.82. The average Bonchev–Trinajstić information content (AvgIpc) is 3.47. The molecule has 2 heterocycles. The first-order chi connectivity index (χ1) is 13.6. The second-order valence-electron chi connectivity index (χ2n) is 7.15. The average molecular weight is 405 g/mol. The summed E-state index contributed by atoms with van der Waals surface area (Å²) in [6, 6.07) is 6.65. The van der Waals surface area contributed by atoms with Gasteiger partial charge in [-0.05, 0) is 30.5 Å². The first kappa shape index (κ1) is 19.2. The maximum Gasteiger partial charge on any atom is 0.233 e. The Morgan fingerprint density at radius 1 is 1.25 bits per heavy atom. The van der Waals surface area contributed by atoms with Crippen LogP contribution in [0.1, 0.15) is 24.4 Å². The summed E-state index contributed by atoms with van der Waals surface area (Å²) in [6.45, 7) is 3.48. The van der Waals surface area contributed by atoms with E-state index in [9.17, 15) is 9.18 Å². The molecule has 1 aromatic carbocycles. The van der Waals surface area contributed by atoms with Crippen LogP contribution in [0.3, 0.4) is 0 Å². The number of carbonyl (C=O) groups excluding carboxylic acids is 1. The first-order valence-electron chi connectivity index (χ1n) is 9.50. The molecular weight excluding hydrogens is 381 g/mol. The first-order valence-corrected chi connectivity index (χ1v) is 10.5. The number of amides is 1. The zero-order valence-corrected chi connectivity index (χ0v) is 16.7. The molecular formula is C19H24FN5O2S. The zero-order valence-electron chi connectivity index (χ0n) is 15.9. The van der Waals surface area contributed by atoms with Crippen LogP contribution >= 0.6 is 11.8 Å². The minimum atomic E-state index is -0.274. The Morgan fingerprint density at radius 2 is 1.96 bits per heavy atom. The van der Waals surface area contributed by atoms with E-state index in [2.05, 4.69) is 19.7 Å². The largest absolute Gasteiger partial charge is 0.378 e. The van der Waals surface area contributed by atoms with Gasteiger partial charge in [-0.15, -0.1) is 10.2 Å². The fraction of sp³-hybridized carbons (Fsp3) is 0.526. The van der Waals surface area contributed by atoms with Crippen molar-refractivity contribution in [1.29, 1.82) is 0 Å². The van der Waals surface area contributed by atoms with Crippen LogP contribution in [-0.4, -0.2) is 64.7 Å². The number of morpholine rings is 1. The van der Waals surface area contributed by atoms with Crippen LogP contribution in [0.15, 0.2) is 29.4 Å². The van der Waals surface area contributed by atoms with Crippen LogP contribution in [0.2, 0.25) is 0 Å². The summed E-state index contributed by atoms with van der Waals surface area (Å²) in [5, 5.41) is 9.56. The van der Waals surface area contributed by atoms with Gasteiger partial charge in [0.15, 0.2) is 5.16 Å². The lowest BCUT2D eigenvalue weighted by Gasteiger charge is -2.28. The van der Waals surface area contributed by atoms with Crippen molar-refractivity contribution in [1.82, 2.24) is 19.7 Å². The van der Waals surface area contributed by atoms with E-state index in [0.29, 0.717) is 31.6 Å². The van der Waals surface area contributed by atoms with E-state index in [1.165, 1.54) is 23.9 Å². The van der Waals surface area contributed by atoms with Crippen LogP contribution in [0, 0.1) is 5.82 Å². The Morgan fingerprint density at radius 3 is 2.64 bits per heavy atom. The topological polar surface area (TPSA) is 63.5 Å². The molecule has 1 aliphatic carbocycles. The van der Waals surface area contributed by atoms with Crippen LogP contribution in [0.5, 0.6) is 0 Å². The summed E-state index contributed by atoms with van der Waals surface area (Å²) in [5.74, 6) is 0.919. The van der Waals surface area contributed by atoms with Crippen LogP contribution in [0.4, 0.5) is 10.3 Å².